The molecule has 0 aliphatic carbocycles. The fraction of sp³-hybridized carbons (Fsp3) is 0.0588. The average Bonchev–Trinajstić information content (AvgIpc) is 2.96. The molecule has 2 aromatic carbocycles. The van der Waals surface area contributed by atoms with Gasteiger partial charge in [0.1, 0.15) is 17.5 Å². The van der Waals surface area contributed by atoms with Gasteiger partial charge in [-0.25, -0.2) is 13.5 Å². The summed E-state index contributed by atoms with van der Waals surface area (Å²) in [4.78, 5) is 12.2. The fourth-order valence-corrected chi connectivity index (χ4v) is 2.31. The Hall–Kier alpha value is -2.73. The highest BCUT2D eigenvalue weighted by Crippen LogP contribution is 2.16. The second kappa shape index (κ2) is 6.80. The largest absolute Gasteiger partial charge is 0.307 e. The van der Waals surface area contributed by atoms with Crippen LogP contribution in [0.1, 0.15) is 15.9 Å². The van der Waals surface area contributed by atoms with Crippen LogP contribution in [0.3, 0.4) is 0 Å². The molecule has 3 aromatic rings. The average molecular weight is 348 g/mol. The number of aromatic nitrogens is 2. The van der Waals surface area contributed by atoms with Crippen LogP contribution in [0.4, 0.5) is 14.6 Å². The number of nitrogens with one attached hydrogen (secondary N) is 1. The lowest BCUT2D eigenvalue weighted by molar-refractivity contribution is 0.102. The smallest absolute Gasteiger partial charge is 0.259 e. The van der Waals surface area contributed by atoms with E-state index in [2.05, 4.69) is 10.4 Å². The predicted octanol–water partition coefficient (Wildman–Crippen LogP) is 4.12. The van der Waals surface area contributed by atoms with Crippen molar-refractivity contribution < 1.29 is 13.6 Å². The highest BCUT2D eigenvalue weighted by atomic mass is 35.5. The third-order valence-corrected chi connectivity index (χ3v) is 3.63. The molecule has 0 bridgehead atoms. The van der Waals surface area contributed by atoms with Gasteiger partial charge >= 0.3 is 0 Å². The van der Waals surface area contributed by atoms with Gasteiger partial charge in [0.25, 0.3) is 5.91 Å². The number of anilines is 1. The lowest BCUT2D eigenvalue weighted by atomic mass is 10.2. The third-order valence-electron chi connectivity index (χ3n) is 3.38. The van der Waals surface area contributed by atoms with E-state index in [1.54, 1.807) is 22.9 Å². The Kier molecular flexibility index (Phi) is 4.57. The molecule has 0 aliphatic rings. The highest BCUT2D eigenvalue weighted by Gasteiger charge is 2.14. The second-order valence-corrected chi connectivity index (χ2v) is 5.52. The minimum Gasteiger partial charge on any atom is -0.307 e. The van der Waals surface area contributed by atoms with E-state index in [4.69, 9.17) is 11.6 Å². The minimum absolute atomic E-state index is 0.240. The first-order chi connectivity index (χ1) is 11.5. The van der Waals surface area contributed by atoms with Gasteiger partial charge in [-0.2, -0.15) is 5.10 Å². The van der Waals surface area contributed by atoms with Crippen molar-refractivity contribution in [1.29, 1.82) is 0 Å². The van der Waals surface area contributed by atoms with E-state index in [1.807, 2.05) is 12.1 Å². The van der Waals surface area contributed by atoms with Gasteiger partial charge in [-0.3, -0.25) is 4.79 Å². The number of carbonyl (C=O) groups is 1. The molecule has 3 rings (SSSR count). The summed E-state index contributed by atoms with van der Waals surface area (Å²) in [5.41, 5.74) is 0.696. The van der Waals surface area contributed by atoms with E-state index in [9.17, 15) is 13.6 Å². The number of amides is 1. The molecule has 1 heterocycles. The minimum atomic E-state index is -0.920. The van der Waals surface area contributed by atoms with Crippen molar-refractivity contribution in [1.82, 2.24) is 9.78 Å². The van der Waals surface area contributed by atoms with Crippen LogP contribution < -0.4 is 5.32 Å². The Morgan fingerprint density at radius 2 is 1.88 bits per heavy atom. The van der Waals surface area contributed by atoms with E-state index >= 15 is 0 Å². The van der Waals surface area contributed by atoms with E-state index in [0.29, 0.717) is 23.5 Å². The Labute approximate surface area is 141 Å². The van der Waals surface area contributed by atoms with Crippen LogP contribution in [-0.2, 0) is 6.54 Å². The summed E-state index contributed by atoms with van der Waals surface area (Å²) in [6.45, 7) is 0.408. The van der Waals surface area contributed by atoms with Crippen molar-refractivity contribution in [3.63, 3.8) is 0 Å². The van der Waals surface area contributed by atoms with Crippen molar-refractivity contribution in [3.05, 3.63) is 82.5 Å². The van der Waals surface area contributed by atoms with Gasteiger partial charge in [-0.05, 0) is 29.8 Å². The summed E-state index contributed by atoms with van der Waals surface area (Å²) in [6, 6.07) is 11.6. The standard InChI is InChI=1S/C17H12ClF2N3O/c18-12-3-1-11(2-4-12)10-23-16(7-8-21-23)22-17(24)14-6-5-13(19)9-15(14)20/h1-9H,10H2,(H,22,24). The van der Waals surface area contributed by atoms with Gasteiger partial charge < -0.3 is 5.32 Å². The van der Waals surface area contributed by atoms with E-state index < -0.39 is 17.5 Å². The monoisotopic (exact) mass is 347 g/mol. The molecular formula is C17H12ClF2N3O. The highest BCUT2D eigenvalue weighted by molar-refractivity contribution is 6.30. The maximum absolute atomic E-state index is 13.7. The van der Waals surface area contributed by atoms with Crippen molar-refractivity contribution in [3.8, 4) is 0 Å². The molecule has 0 saturated heterocycles. The molecule has 0 aliphatic heterocycles. The number of benzene rings is 2. The zero-order chi connectivity index (χ0) is 17.1. The first-order valence-electron chi connectivity index (χ1n) is 7.05. The zero-order valence-electron chi connectivity index (χ0n) is 12.3. The lowest BCUT2D eigenvalue weighted by Crippen LogP contribution is -2.17. The van der Waals surface area contributed by atoms with Crippen molar-refractivity contribution >= 4 is 23.3 Å². The molecule has 0 saturated carbocycles. The molecule has 0 fully saturated rings. The molecule has 7 heteroatoms. The van der Waals surface area contributed by atoms with E-state index in [-0.39, 0.29) is 5.56 Å². The molecule has 1 aromatic heterocycles. The van der Waals surface area contributed by atoms with Gasteiger partial charge in [0.05, 0.1) is 18.3 Å². The van der Waals surface area contributed by atoms with Gasteiger partial charge in [0, 0.05) is 17.2 Å². The summed E-state index contributed by atoms with van der Waals surface area (Å²) in [5, 5.41) is 7.33. The molecule has 0 unspecified atom stereocenters. The Morgan fingerprint density at radius 3 is 2.58 bits per heavy atom. The number of rotatable bonds is 4. The normalized spacial score (nSPS) is 10.6. The zero-order valence-corrected chi connectivity index (χ0v) is 13.1. The number of halogens is 3. The van der Waals surface area contributed by atoms with E-state index in [1.165, 1.54) is 6.20 Å². The number of hydrogen-bond donors (Lipinski definition) is 1. The van der Waals surface area contributed by atoms with E-state index in [0.717, 1.165) is 17.7 Å². The molecular weight excluding hydrogens is 336 g/mol. The molecule has 24 heavy (non-hydrogen) atoms. The van der Waals surface area contributed by atoms with Gasteiger partial charge in [0.2, 0.25) is 0 Å². The summed E-state index contributed by atoms with van der Waals surface area (Å²) in [5.74, 6) is -1.93. The second-order valence-electron chi connectivity index (χ2n) is 5.08. The summed E-state index contributed by atoms with van der Waals surface area (Å²) in [7, 11) is 0. The van der Waals surface area contributed by atoms with Crippen molar-refractivity contribution in [2.45, 2.75) is 6.54 Å². The van der Waals surface area contributed by atoms with Crippen LogP contribution in [0.2, 0.25) is 5.02 Å². The topological polar surface area (TPSA) is 46.9 Å². The lowest BCUT2D eigenvalue weighted by Gasteiger charge is -2.10. The summed E-state index contributed by atoms with van der Waals surface area (Å²) in [6.07, 6.45) is 1.52. The van der Waals surface area contributed by atoms with Crippen LogP contribution >= 0.6 is 11.6 Å². The predicted molar refractivity (Wildman–Crippen MR) is 87.1 cm³/mol. The first kappa shape index (κ1) is 16.1. The molecule has 1 amide bonds. The van der Waals surface area contributed by atoms with Crippen LogP contribution in [0.15, 0.2) is 54.7 Å². The van der Waals surface area contributed by atoms with Gasteiger partial charge in [-0.15, -0.1) is 0 Å². The number of carbonyl (C=O) groups excluding carboxylic acids is 1. The molecule has 0 atom stereocenters. The number of nitrogens with zero attached hydrogens (tertiary/aromatic N) is 2. The van der Waals surface area contributed by atoms with Crippen molar-refractivity contribution in [2.75, 3.05) is 5.32 Å². The van der Waals surface area contributed by atoms with Gasteiger partial charge in [0.15, 0.2) is 0 Å². The summed E-state index contributed by atoms with van der Waals surface area (Å²) < 4.78 is 28.2. The SMILES string of the molecule is O=C(Nc1ccnn1Cc1ccc(Cl)cc1)c1ccc(F)cc1F. The van der Waals surface area contributed by atoms with Crippen LogP contribution in [0.5, 0.6) is 0 Å². The van der Waals surface area contributed by atoms with Crippen LogP contribution in [0.25, 0.3) is 0 Å². The molecule has 0 radical (unpaired) electrons. The molecule has 4 nitrogen and oxygen atoms in total. The molecule has 122 valence electrons. The quantitative estimate of drug-likeness (QED) is 0.772. The number of hydrogen-bond acceptors (Lipinski definition) is 2. The van der Waals surface area contributed by atoms with Crippen LogP contribution in [0, 0.1) is 11.6 Å². The third kappa shape index (κ3) is 3.60. The Morgan fingerprint density at radius 1 is 1.12 bits per heavy atom. The fourth-order valence-electron chi connectivity index (χ4n) is 2.18. The Balaban J connectivity index is 1.77. The molecule has 0 spiro atoms. The summed E-state index contributed by atoms with van der Waals surface area (Å²) >= 11 is 5.85. The molecule has 1 N–H and O–H groups in total. The van der Waals surface area contributed by atoms with Crippen LogP contribution in [-0.4, -0.2) is 15.7 Å². The maximum atomic E-state index is 13.7. The first-order valence-corrected chi connectivity index (χ1v) is 7.43. The maximum Gasteiger partial charge on any atom is 0.259 e. The Bertz CT molecular complexity index is 878. The van der Waals surface area contributed by atoms with Crippen molar-refractivity contribution in [2.24, 2.45) is 0 Å². The van der Waals surface area contributed by atoms with Gasteiger partial charge in [-0.1, -0.05) is 23.7 Å².